The number of nitrogens with zero attached hydrogens (tertiary/aromatic N) is 2. The molecular formula is C23H26F4N4O. The summed E-state index contributed by atoms with van der Waals surface area (Å²) in [6.45, 7) is 7.09. The van der Waals surface area contributed by atoms with Gasteiger partial charge in [-0.2, -0.15) is 13.2 Å². The smallest absolute Gasteiger partial charge is 0.418 e. The van der Waals surface area contributed by atoms with Crippen LogP contribution in [0.2, 0.25) is 0 Å². The van der Waals surface area contributed by atoms with Crippen LogP contribution in [0.15, 0.2) is 41.4 Å². The molecule has 0 saturated heterocycles. The zero-order chi connectivity index (χ0) is 23.3. The number of benzene rings is 2. The molecule has 9 heteroatoms. The standard InChI is InChI=1S/C23H26F4N4O/c1-3-31(4-2)12-6-11-28-19-10-9-15(13-17(19)23(25,26)27)29-14-16-21-18(24)7-5-8-20(21)30-22(16)32/h5,7-10,13-14,28,30,32H,3-4,6,11-12H2,1-2H3. The topological polar surface area (TPSA) is 63.6 Å². The molecule has 0 aliphatic rings. The van der Waals surface area contributed by atoms with Crippen LogP contribution in [0, 0.1) is 5.82 Å². The Morgan fingerprint density at radius 2 is 1.91 bits per heavy atom. The number of hydrogen-bond donors (Lipinski definition) is 3. The van der Waals surface area contributed by atoms with Crippen LogP contribution in [0.4, 0.5) is 28.9 Å². The number of nitrogens with one attached hydrogen (secondary N) is 2. The Labute approximate surface area is 183 Å². The van der Waals surface area contributed by atoms with Crippen molar-refractivity contribution in [3.8, 4) is 5.88 Å². The molecule has 0 saturated carbocycles. The van der Waals surface area contributed by atoms with Crippen molar-refractivity contribution in [1.82, 2.24) is 9.88 Å². The number of H-pyrrole nitrogens is 1. The molecule has 0 aliphatic carbocycles. The Morgan fingerprint density at radius 3 is 2.59 bits per heavy atom. The number of aliphatic imine (C=N–C) groups is 1. The van der Waals surface area contributed by atoms with Gasteiger partial charge in [-0.15, -0.1) is 0 Å². The number of rotatable bonds is 9. The predicted octanol–water partition coefficient (Wildman–Crippen LogP) is 5.93. The van der Waals surface area contributed by atoms with E-state index in [2.05, 4.69) is 20.2 Å². The summed E-state index contributed by atoms with van der Waals surface area (Å²) in [5.74, 6) is -0.878. The van der Waals surface area contributed by atoms with Gasteiger partial charge >= 0.3 is 6.18 Å². The maximum Gasteiger partial charge on any atom is 0.418 e. The molecule has 0 aliphatic heterocycles. The average Bonchev–Trinajstić information content (AvgIpc) is 3.08. The lowest BCUT2D eigenvalue weighted by atomic mass is 10.1. The van der Waals surface area contributed by atoms with E-state index in [0.29, 0.717) is 18.5 Å². The molecule has 0 spiro atoms. The lowest BCUT2D eigenvalue weighted by Crippen LogP contribution is -2.25. The minimum absolute atomic E-state index is 0.0167. The zero-order valence-electron chi connectivity index (χ0n) is 17.9. The first kappa shape index (κ1) is 23.6. The van der Waals surface area contributed by atoms with E-state index < -0.39 is 17.6 Å². The summed E-state index contributed by atoms with van der Waals surface area (Å²) in [7, 11) is 0. The van der Waals surface area contributed by atoms with Crippen molar-refractivity contribution < 1.29 is 22.7 Å². The van der Waals surface area contributed by atoms with E-state index in [-0.39, 0.29) is 28.2 Å². The van der Waals surface area contributed by atoms with Crippen LogP contribution in [-0.4, -0.2) is 47.4 Å². The fourth-order valence-electron chi connectivity index (χ4n) is 3.55. The lowest BCUT2D eigenvalue weighted by Gasteiger charge is -2.19. The van der Waals surface area contributed by atoms with Crippen LogP contribution in [0.1, 0.15) is 31.4 Å². The van der Waals surface area contributed by atoms with Crippen LogP contribution in [-0.2, 0) is 6.18 Å². The number of aromatic amines is 1. The fourth-order valence-corrected chi connectivity index (χ4v) is 3.55. The van der Waals surface area contributed by atoms with Gasteiger partial charge in [0.1, 0.15) is 5.82 Å². The van der Waals surface area contributed by atoms with Gasteiger partial charge < -0.3 is 20.3 Å². The number of anilines is 1. The maximum atomic E-state index is 14.1. The van der Waals surface area contributed by atoms with Crippen LogP contribution in [0.5, 0.6) is 5.88 Å². The first-order valence-corrected chi connectivity index (χ1v) is 10.4. The second-order valence-corrected chi connectivity index (χ2v) is 7.34. The van der Waals surface area contributed by atoms with Gasteiger partial charge in [-0.05, 0) is 56.4 Å². The quantitative estimate of drug-likeness (QED) is 0.215. The van der Waals surface area contributed by atoms with E-state index in [1.165, 1.54) is 24.3 Å². The summed E-state index contributed by atoms with van der Waals surface area (Å²) in [5, 5.41) is 13.0. The van der Waals surface area contributed by atoms with E-state index >= 15 is 0 Å². The van der Waals surface area contributed by atoms with Crippen LogP contribution in [0.25, 0.3) is 10.9 Å². The van der Waals surface area contributed by atoms with Gasteiger partial charge in [0.2, 0.25) is 0 Å². The van der Waals surface area contributed by atoms with Gasteiger partial charge in [0.25, 0.3) is 0 Å². The second-order valence-electron chi connectivity index (χ2n) is 7.34. The molecule has 0 bridgehead atoms. The van der Waals surface area contributed by atoms with Crippen LogP contribution in [0.3, 0.4) is 0 Å². The number of aromatic hydroxyl groups is 1. The van der Waals surface area contributed by atoms with Crippen LogP contribution < -0.4 is 5.32 Å². The number of fused-ring (bicyclic) bond motifs is 1. The summed E-state index contributed by atoms with van der Waals surface area (Å²) < 4.78 is 55.0. The van der Waals surface area contributed by atoms with Crippen molar-refractivity contribution in [3.63, 3.8) is 0 Å². The summed E-state index contributed by atoms with van der Waals surface area (Å²) in [4.78, 5) is 8.88. The van der Waals surface area contributed by atoms with Crippen LogP contribution >= 0.6 is 0 Å². The van der Waals surface area contributed by atoms with Gasteiger partial charge in [0, 0.05) is 23.8 Å². The fraction of sp³-hybridized carbons (Fsp3) is 0.348. The number of hydrogen-bond acceptors (Lipinski definition) is 4. The first-order valence-electron chi connectivity index (χ1n) is 10.4. The molecule has 1 heterocycles. The highest BCUT2D eigenvalue weighted by Gasteiger charge is 2.33. The molecular weight excluding hydrogens is 424 g/mol. The Balaban J connectivity index is 1.81. The van der Waals surface area contributed by atoms with E-state index in [0.717, 1.165) is 31.9 Å². The third-order valence-corrected chi connectivity index (χ3v) is 5.30. The molecule has 1 aromatic heterocycles. The van der Waals surface area contributed by atoms with Crippen molar-refractivity contribution >= 4 is 28.5 Å². The predicted molar refractivity (Wildman–Crippen MR) is 120 cm³/mol. The van der Waals surface area contributed by atoms with Gasteiger partial charge in [-0.25, -0.2) is 4.39 Å². The monoisotopic (exact) mass is 450 g/mol. The summed E-state index contributed by atoms with van der Waals surface area (Å²) >= 11 is 0. The first-order chi connectivity index (χ1) is 15.2. The minimum atomic E-state index is -4.57. The Bertz CT molecular complexity index is 1090. The van der Waals surface area contributed by atoms with Gasteiger partial charge in [0.15, 0.2) is 5.88 Å². The second kappa shape index (κ2) is 10.0. The lowest BCUT2D eigenvalue weighted by molar-refractivity contribution is -0.136. The zero-order valence-corrected chi connectivity index (χ0v) is 17.9. The molecule has 0 radical (unpaired) electrons. The normalized spacial score (nSPS) is 12.3. The Morgan fingerprint density at radius 1 is 1.16 bits per heavy atom. The Hall–Kier alpha value is -3.07. The highest BCUT2D eigenvalue weighted by Crippen LogP contribution is 2.37. The highest BCUT2D eigenvalue weighted by atomic mass is 19.4. The van der Waals surface area contributed by atoms with Crippen molar-refractivity contribution in [2.45, 2.75) is 26.4 Å². The van der Waals surface area contributed by atoms with Gasteiger partial charge in [-0.1, -0.05) is 19.9 Å². The van der Waals surface area contributed by atoms with E-state index in [1.807, 2.05) is 13.8 Å². The molecule has 0 fully saturated rings. The maximum absolute atomic E-state index is 14.1. The molecule has 2 aromatic carbocycles. The third kappa shape index (κ3) is 5.40. The number of aromatic nitrogens is 1. The van der Waals surface area contributed by atoms with E-state index in [4.69, 9.17) is 0 Å². The van der Waals surface area contributed by atoms with Gasteiger partial charge in [0.05, 0.1) is 22.3 Å². The molecule has 3 rings (SSSR count). The van der Waals surface area contributed by atoms with Crippen molar-refractivity contribution in [2.24, 2.45) is 4.99 Å². The molecule has 0 amide bonds. The van der Waals surface area contributed by atoms with Crippen molar-refractivity contribution in [3.05, 3.63) is 53.3 Å². The molecule has 5 nitrogen and oxygen atoms in total. The molecule has 0 unspecified atom stereocenters. The summed E-state index contributed by atoms with van der Waals surface area (Å²) in [5.41, 5.74) is -0.369. The van der Waals surface area contributed by atoms with E-state index in [9.17, 15) is 22.7 Å². The van der Waals surface area contributed by atoms with E-state index in [1.54, 1.807) is 6.07 Å². The molecule has 32 heavy (non-hydrogen) atoms. The summed E-state index contributed by atoms with van der Waals surface area (Å²) in [6, 6.07) is 8.01. The number of alkyl halides is 3. The van der Waals surface area contributed by atoms with Crippen molar-refractivity contribution in [1.29, 1.82) is 0 Å². The third-order valence-electron chi connectivity index (χ3n) is 5.30. The minimum Gasteiger partial charge on any atom is -0.494 e. The molecule has 172 valence electrons. The highest BCUT2D eigenvalue weighted by molar-refractivity contribution is 6.02. The molecule has 0 atom stereocenters. The SMILES string of the molecule is CCN(CC)CCCNc1ccc(N=Cc2c(O)[nH]c3cccc(F)c23)cc1C(F)(F)F. The van der Waals surface area contributed by atoms with Gasteiger partial charge in [-0.3, -0.25) is 4.99 Å². The largest absolute Gasteiger partial charge is 0.494 e. The molecule has 3 aromatic rings. The summed E-state index contributed by atoms with van der Waals surface area (Å²) in [6.07, 6.45) is -2.70. The average molecular weight is 450 g/mol. The molecule has 3 N–H and O–H groups in total. The van der Waals surface area contributed by atoms with Crippen molar-refractivity contribution in [2.75, 3.05) is 31.5 Å². The number of halogens is 4. The Kier molecular flexibility index (Phi) is 7.40.